The van der Waals surface area contributed by atoms with Crippen molar-refractivity contribution < 1.29 is 0 Å². The molecule has 2 rings (SSSR count). The lowest BCUT2D eigenvalue weighted by Crippen LogP contribution is -1.74. The van der Waals surface area contributed by atoms with Gasteiger partial charge in [-0.1, -0.05) is 17.7 Å². The molecule has 1 aromatic carbocycles. The van der Waals surface area contributed by atoms with Crippen molar-refractivity contribution in [3.05, 3.63) is 42.2 Å². The van der Waals surface area contributed by atoms with E-state index in [1.54, 1.807) is 12.4 Å². The van der Waals surface area contributed by atoms with Gasteiger partial charge < -0.3 is 0 Å². The first-order valence-corrected chi connectivity index (χ1v) is 4.77. The van der Waals surface area contributed by atoms with Gasteiger partial charge in [-0.25, -0.2) is 9.07 Å². The van der Waals surface area contributed by atoms with Crippen LogP contribution in [0.1, 0.15) is 5.56 Å². The zero-order valence-electron chi connectivity index (χ0n) is 8.13. The number of imidazole rings is 1. The van der Waals surface area contributed by atoms with Crippen molar-refractivity contribution in [1.29, 1.82) is 0 Å². The van der Waals surface area contributed by atoms with Gasteiger partial charge in [-0.15, -0.1) is 10.2 Å². The molecule has 0 fully saturated rings. The van der Waals surface area contributed by atoms with Crippen LogP contribution in [0.25, 0.3) is 0 Å². The van der Waals surface area contributed by atoms with E-state index in [1.807, 2.05) is 31.2 Å². The van der Waals surface area contributed by atoms with Crippen LogP contribution in [0.2, 0.25) is 0 Å². The van der Waals surface area contributed by atoms with Crippen molar-refractivity contribution in [2.24, 2.45) is 10.2 Å². The Morgan fingerprint density at radius 3 is 2.53 bits per heavy atom. The van der Waals surface area contributed by atoms with E-state index in [4.69, 9.17) is 11.8 Å². The molecule has 0 atom stereocenters. The first-order chi connectivity index (χ1) is 7.25. The third-order valence-corrected chi connectivity index (χ3v) is 2.13. The third-order valence-electron chi connectivity index (χ3n) is 1.87. The fourth-order valence-corrected chi connectivity index (χ4v) is 1.19. The number of hydrogen-bond donors (Lipinski definition) is 0. The molecule has 0 aliphatic rings. The lowest BCUT2D eigenvalue weighted by Gasteiger charge is -1.93. The minimum absolute atomic E-state index is 0.372. The number of aromatic nitrogens is 2. The number of aryl methyl sites for hydroxylation is 1. The molecule has 5 heteroatoms. The highest BCUT2D eigenvalue weighted by molar-refractivity contribution is 6.16. The largest absolute Gasteiger partial charge is 0.264 e. The molecule has 0 radical (unpaired) electrons. The van der Waals surface area contributed by atoms with E-state index in [-0.39, 0.29) is 0 Å². The Balaban J connectivity index is 2.19. The third kappa shape index (κ3) is 2.41. The molecular formula is C10H9ClN4. The Bertz CT molecular complexity index is 472. The lowest BCUT2D eigenvalue weighted by atomic mass is 10.2. The number of halogens is 1. The number of hydrogen-bond acceptors (Lipinski definition) is 3. The molecule has 1 heterocycles. The molecule has 76 valence electrons. The van der Waals surface area contributed by atoms with Crippen LogP contribution >= 0.6 is 11.8 Å². The molecule has 1 aromatic heterocycles. The fourth-order valence-electron chi connectivity index (χ4n) is 1.06. The summed E-state index contributed by atoms with van der Waals surface area (Å²) < 4.78 is 1.29. The van der Waals surface area contributed by atoms with Crippen molar-refractivity contribution in [3.8, 4) is 0 Å². The van der Waals surface area contributed by atoms with Gasteiger partial charge in [0.05, 0.1) is 5.69 Å². The quantitative estimate of drug-likeness (QED) is 0.713. The molecule has 0 saturated carbocycles. The predicted octanol–water partition coefficient (Wildman–Crippen LogP) is 3.61. The molecular weight excluding hydrogens is 212 g/mol. The van der Waals surface area contributed by atoms with Gasteiger partial charge in [-0.2, -0.15) is 0 Å². The second-order valence-electron chi connectivity index (χ2n) is 3.07. The van der Waals surface area contributed by atoms with Gasteiger partial charge in [-0.05, 0) is 19.1 Å². The van der Waals surface area contributed by atoms with E-state index in [1.165, 1.54) is 9.65 Å². The number of azo groups is 1. The number of rotatable bonds is 2. The molecule has 0 aliphatic carbocycles. The van der Waals surface area contributed by atoms with Crippen LogP contribution in [0.3, 0.4) is 0 Å². The van der Waals surface area contributed by atoms with E-state index >= 15 is 0 Å². The minimum Gasteiger partial charge on any atom is -0.225 e. The van der Waals surface area contributed by atoms with Crippen LogP contribution < -0.4 is 0 Å². The normalized spacial score (nSPS) is 11.1. The molecule has 4 nitrogen and oxygen atoms in total. The molecule has 0 aliphatic heterocycles. The summed E-state index contributed by atoms with van der Waals surface area (Å²) in [4.78, 5) is 3.92. The predicted molar refractivity (Wildman–Crippen MR) is 58.8 cm³/mol. The fraction of sp³-hybridized carbons (Fsp3) is 0.100. The standard InChI is InChI=1S/C10H9ClN4/c1-8-2-4-9(5-3-8)13-14-10-12-6-7-15(10)11/h2-7H,1H3. The van der Waals surface area contributed by atoms with E-state index < -0.39 is 0 Å². The average Bonchev–Trinajstić information content (AvgIpc) is 2.63. The van der Waals surface area contributed by atoms with E-state index in [2.05, 4.69) is 15.2 Å². The Morgan fingerprint density at radius 1 is 1.20 bits per heavy atom. The van der Waals surface area contributed by atoms with Gasteiger partial charge in [0.25, 0.3) is 5.95 Å². The highest BCUT2D eigenvalue weighted by Gasteiger charge is 1.96. The van der Waals surface area contributed by atoms with Crippen molar-refractivity contribution in [1.82, 2.24) is 9.07 Å². The van der Waals surface area contributed by atoms with Gasteiger partial charge in [0.15, 0.2) is 0 Å². The highest BCUT2D eigenvalue weighted by atomic mass is 35.5. The SMILES string of the molecule is Cc1ccc(N=Nc2nccn2Cl)cc1. The van der Waals surface area contributed by atoms with Crippen LogP contribution in [0.15, 0.2) is 46.9 Å². The Morgan fingerprint density at radius 2 is 1.93 bits per heavy atom. The van der Waals surface area contributed by atoms with Crippen LogP contribution in [-0.2, 0) is 0 Å². The minimum atomic E-state index is 0.372. The summed E-state index contributed by atoms with van der Waals surface area (Å²) >= 11 is 5.73. The molecule has 0 bridgehead atoms. The maximum atomic E-state index is 5.73. The van der Waals surface area contributed by atoms with Crippen LogP contribution in [0, 0.1) is 6.92 Å². The molecule has 0 amide bonds. The molecule has 0 saturated heterocycles. The number of benzene rings is 1. The molecule has 15 heavy (non-hydrogen) atoms. The Labute approximate surface area is 92.4 Å². The Hall–Kier alpha value is -1.68. The molecule has 0 spiro atoms. The summed E-state index contributed by atoms with van der Waals surface area (Å²) in [6.07, 6.45) is 3.17. The zero-order valence-corrected chi connectivity index (χ0v) is 8.89. The molecule has 0 N–H and O–H groups in total. The van der Waals surface area contributed by atoms with Gasteiger partial charge in [0, 0.05) is 24.2 Å². The first-order valence-electron chi connectivity index (χ1n) is 4.43. The second kappa shape index (κ2) is 4.23. The number of nitrogens with zero attached hydrogens (tertiary/aromatic N) is 4. The van der Waals surface area contributed by atoms with Crippen molar-refractivity contribution >= 4 is 23.4 Å². The van der Waals surface area contributed by atoms with Gasteiger partial charge in [0.2, 0.25) is 0 Å². The van der Waals surface area contributed by atoms with Gasteiger partial charge in [0.1, 0.15) is 0 Å². The van der Waals surface area contributed by atoms with Gasteiger partial charge in [-0.3, -0.25) is 0 Å². The van der Waals surface area contributed by atoms with E-state index in [0.29, 0.717) is 5.95 Å². The molecule has 2 aromatic rings. The topological polar surface area (TPSA) is 42.5 Å². The second-order valence-corrected chi connectivity index (χ2v) is 3.44. The molecule has 0 unspecified atom stereocenters. The van der Waals surface area contributed by atoms with Crippen LogP contribution in [0.5, 0.6) is 0 Å². The van der Waals surface area contributed by atoms with Gasteiger partial charge >= 0.3 is 0 Å². The Kier molecular flexibility index (Phi) is 2.78. The summed E-state index contributed by atoms with van der Waals surface area (Å²) in [5.41, 5.74) is 1.97. The monoisotopic (exact) mass is 220 g/mol. The highest BCUT2D eigenvalue weighted by Crippen LogP contribution is 2.17. The average molecular weight is 221 g/mol. The summed E-state index contributed by atoms with van der Waals surface area (Å²) in [7, 11) is 0. The summed E-state index contributed by atoms with van der Waals surface area (Å²) in [6.45, 7) is 2.02. The maximum Gasteiger partial charge on any atom is 0.264 e. The van der Waals surface area contributed by atoms with Crippen LogP contribution in [-0.4, -0.2) is 9.07 Å². The smallest absolute Gasteiger partial charge is 0.225 e. The maximum absolute atomic E-state index is 5.73. The summed E-state index contributed by atoms with van der Waals surface area (Å²) in [5, 5.41) is 7.92. The zero-order chi connectivity index (χ0) is 10.7. The van der Waals surface area contributed by atoms with E-state index in [9.17, 15) is 0 Å². The van der Waals surface area contributed by atoms with E-state index in [0.717, 1.165) is 5.69 Å². The van der Waals surface area contributed by atoms with Crippen molar-refractivity contribution in [3.63, 3.8) is 0 Å². The lowest BCUT2D eigenvalue weighted by molar-refractivity contribution is 1.08. The summed E-state index contributed by atoms with van der Waals surface area (Å²) in [5.74, 6) is 0.372. The first kappa shape index (κ1) is 9.86. The van der Waals surface area contributed by atoms with Crippen LogP contribution in [0.4, 0.5) is 11.6 Å². The summed E-state index contributed by atoms with van der Waals surface area (Å²) in [6, 6.07) is 7.73. The van der Waals surface area contributed by atoms with Crippen molar-refractivity contribution in [2.75, 3.05) is 0 Å². The van der Waals surface area contributed by atoms with Crippen molar-refractivity contribution in [2.45, 2.75) is 6.92 Å².